The third kappa shape index (κ3) is 3.78. The minimum atomic E-state index is -0.601. The van der Waals surface area contributed by atoms with Crippen molar-refractivity contribution in [3.8, 4) is 0 Å². The van der Waals surface area contributed by atoms with Gasteiger partial charge in [0.2, 0.25) is 5.91 Å². The van der Waals surface area contributed by atoms with E-state index in [2.05, 4.69) is 17.1 Å². The molecule has 2 atom stereocenters. The number of aliphatic hydroxyl groups is 1. The van der Waals surface area contributed by atoms with Crippen molar-refractivity contribution in [1.29, 1.82) is 0 Å². The summed E-state index contributed by atoms with van der Waals surface area (Å²) < 4.78 is 0. The maximum absolute atomic E-state index is 12.1. The summed E-state index contributed by atoms with van der Waals surface area (Å²) in [5.41, 5.74) is 0.877. The van der Waals surface area contributed by atoms with Crippen molar-refractivity contribution >= 4 is 17.2 Å². The van der Waals surface area contributed by atoms with E-state index in [9.17, 15) is 9.90 Å². The smallest absolute Gasteiger partial charge is 0.237 e. The molecule has 1 aromatic heterocycles. The van der Waals surface area contributed by atoms with Crippen LogP contribution in [0.2, 0.25) is 0 Å². The molecule has 0 aliphatic carbocycles. The Morgan fingerprint density at radius 1 is 1.68 bits per heavy atom. The van der Waals surface area contributed by atoms with Crippen LogP contribution in [-0.4, -0.2) is 41.6 Å². The van der Waals surface area contributed by atoms with Gasteiger partial charge in [-0.25, -0.2) is 0 Å². The van der Waals surface area contributed by atoms with E-state index in [1.54, 1.807) is 11.3 Å². The van der Waals surface area contributed by atoms with Gasteiger partial charge in [-0.1, -0.05) is 6.92 Å². The molecule has 1 amide bonds. The zero-order chi connectivity index (χ0) is 13.7. The second-order valence-corrected chi connectivity index (χ2v) is 5.79. The lowest BCUT2D eigenvalue weighted by atomic mass is 10.1. The molecule has 2 heterocycles. The van der Waals surface area contributed by atoms with Crippen LogP contribution in [0, 0.1) is 0 Å². The molecule has 0 spiro atoms. The quantitative estimate of drug-likeness (QED) is 0.836. The van der Waals surface area contributed by atoms with Gasteiger partial charge in [-0.05, 0) is 54.7 Å². The monoisotopic (exact) mass is 282 g/mol. The third-order valence-electron chi connectivity index (χ3n) is 3.57. The van der Waals surface area contributed by atoms with Crippen LogP contribution in [0.15, 0.2) is 16.8 Å². The Kier molecular flexibility index (Phi) is 5.36. The maximum atomic E-state index is 12.1. The Hall–Kier alpha value is -0.910. The Bertz CT molecular complexity index is 394. The van der Waals surface area contributed by atoms with E-state index in [-0.39, 0.29) is 11.9 Å². The first kappa shape index (κ1) is 14.5. The summed E-state index contributed by atoms with van der Waals surface area (Å²) >= 11 is 1.55. The molecule has 2 N–H and O–H groups in total. The molecule has 1 aliphatic heterocycles. The molecule has 1 fully saturated rings. The number of nitrogens with zero attached hydrogens (tertiary/aromatic N) is 1. The molecule has 5 heteroatoms. The highest BCUT2D eigenvalue weighted by Gasteiger charge is 2.29. The van der Waals surface area contributed by atoms with Crippen molar-refractivity contribution < 1.29 is 9.90 Å². The molecule has 1 aromatic rings. The summed E-state index contributed by atoms with van der Waals surface area (Å²) in [6.07, 6.45) is 2.49. The van der Waals surface area contributed by atoms with Crippen LogP contribution in [0.25, 0.3) is 0 Å². The van der Waals surface area contributed by atoms with Crippen LogP contribution >= 0.6 is 11.3 Å². The van der Waals surface area contributed by atoms with E-state index < -0.39 is 6.10 Å². The molecule has 106 valence electrons. The number of thiophene rings is 1. The van der Waals surface area contributed by atoms with E-state index >= 15 is 0 Å². The predicted molar refractivity (Wildman–Crippen MR) is 77.2 cm³/mol. The molecule has 0 bridgehead atoms. The van der Waals surface area contributed by atoms with E-state index in [1.807, 2.05) is 16.8 Å². The average Bonchev–Trinajstić information content (AvgIpc) is 3.06. The van der Waals surface area contributed by atoms with Gasteiger partial charge < -0.3 is 10.4 Å². The zero-order valence-electron chi connectivity index (χ0n) is 11.3. The number of hydrogen-bond donors (Lipinski definition) is 2. The van der Waals surface area contributed by atoms with Crippen LogP contribution in [0.4, 0.5) is 0 Å². The lowest BCUT2D eigenvalue weighted by Crippen LogP contribution is -2.44. The van der Waals surface area contributed by atoms with Gasteiger partial charge in [0.25, 0.3) is 0 Å². The first-order valence-corrected chi connectivity index (χ1v) is 7.88. The van der Waals surface area contributed by atoms with E-state index in [0.717, 1.165) is 37.9 Å². The molecule has 0 aromatic carbocycles. The van der Waals surface area contributed by atoms with Gasteiger partial charge in [-0.2, -0.15) is 11.3 Å². The van der Waals surface area contributed by atoms with E-state index in [0.29, 0.717) is 6.54 Å². The summed E-state index contributed by atoms with van der Waals surface area (Å²) in [5, 5.41) is 16.7. The first-order valence-electron chi connectivity index (χ1n) is 6.94. The van der Waals surface area contributed by atoms with Crippen LogP contribution < -0.4 is 5.32 Å². The Balaban J connectivity index is 1.80. The summed E-state index contributed by atoms with van der Waals surface area (Å²) in [4.78, 5) is 14.4. The van der Waals surface area contributed by atoms with Crippen molar-refractivity contribution in [2.45, 2.75) is 38.3 Å². The Labute approximate surface area is 118 Å². The van der Waals surface area contributed by atoms with Crippen LogP contribution in [0.5, 0.6) is 0 Å². The minimum absolute atomic E-state index is 0.00498. The van der Waals surface area contributed by atoms with Crippen molar-refractivity contribution in [3.05, 3.63) is 22.4 Å². The Morgan fingerprint density at radius 3 is 3.21 bits per heavy atom. The number of nitrogens with one attached hydrogen (secondary N) is 1. The number of hydrogen-bond acceptors (Lipinski definition) is 4. The molecule has 4 nitrogen and oxygen atoms in total. The molecule has 0 radical (unpaired) electrons. The third-order valence-corrected chi connectivity index (χ3v) is 4.28. The van der Waals surface area contributed by atoms with Gasteiger partial charge in [0.05, 0.1) is 12.1 Å². The van der Waals surface area contributed by atoms with Crippen molar-refractivity contribution in [2.24, 2.45) is 0 Å². The Morgan fingerprint density at radius 2 is 2.53 bits per heavy atom. The van der Waals surface area contributed by atoms with Gasteiger partial charge >= 0.3 is 0 Å². The molecule has 1 aliphatic rings. The lowest BCUT2D eigenvalue weighted by Gasteiger charge is -2.23. The number of carbonyl (C=O) groups excluding carboxylic acids is 1. The fourth-order valence-electron chi connectivity index (χ4n) is 2.58. The van der Waals surface area contributed by atoms with Gasteiger partial charge in [0.1, 0.15) is 0 Å². The number of amides is 1. The highest BCUT2D eigenvalue weighted by molar-refractivity contribution is 7.07. The molecule has 2 unspecified atom stereocenters. The van der Waals surface area contributed by atoms with Gasteiger partial charge in [0.15, 0.2) is 0 Å². The summed E-state index contributed by atoms with van der Waals surface area (Å²) in [6, 6.07) is 1.88. The summed E-state index contributed by atoms with van der Waals surface area (Å²) in [6.45, 7) is 4.42. The fraction of sp³-hybridized carbons (Fsp3) is 0.643. The van der Waals surface area contributed by atoms with Crippen LogP contribution in [-0.2, 0) is 4.79 Å². The zero-order valence-corrected chi connectivity index (χ0v) is 12.2. The number of aliphatic hydroxyl groups excluding tert-OH is 1. The van der Waals surface area contributed by atoms with Gasteiger partial charge in [-0.3, -0.25) is 9.69 Å². The molecule has 1 saturated heterocycles. The lowest BCUT2D eigenvalue weighted by molar-refractivity contribution is -0.125. The second kappa shape index (κ2) is 7.03. The average molecular weight is 282 g/mol. The van der Waals surface area contributed by atoms with Crippen molar-refractivity contribution in [3.63, 3.8) is 0 Å². The fourth-order valence-corrected chi connectivity index (χ4v) is 3.28. The molecular weight excluding hydrogens is 260 g/mol. The summed E-state index contributed by atoms with van der Waals surface area (Å²) in [5.74, 6) is 0.0558. The topological polar surface area (TPSA) is 52.6 Å². The van der Waals surface area contributed by atoms with E-state index in [1.165, 1.54) is 0 Å². The highest BCUT2D eigenvalue weighted by Crippen LogP contribution is 2.18. The van der Waals surface area contributed by atoms with Gasteiger partial charge in [0, 0.05) is 6.54 Å². The number of carbonyl (C=O) groups is 1. The van der Waals surface area contributed by atoms with E-state index in [4.69, 9.17) is 0 Å². The number of likely N-dealkylation sites (tertiary alicyclic amines) is 1. The van der Waals surface area contributed by atoms with Crippen LogP contribution in [0.3, 0.4) is 0 Å². The summed E-state index contributed by atoms with van der Waals surface area (Å²) in [7, 11) is 0. The highest BCUT2D eigenvalue weighted by atomic mass is 32.1. The number of rotatable bonds is 6. The predicted octanol–water partition coefficient (Wildman–Crippen LogP) is 1.77. The van der Waals surface area contributed by atoms with Gasteiger partial charge in [-0.15, -0.1) is 0 Å². The normalized spacial score (nSPS) is 21.5. The van der Waals surface area contributed by atoms with Crippen molar-refractivity contribution in [1.82, 2.24) is 10.2 Å². The largest absolute Gasteiger partial charge is 0.387 e. The minimum Gasteiger partial charge on any atom is -0.387 e. The van der Waals surface area contributed by atoms with Crippen LogP contribution in [0.1, 0.15) is 37.9 Å². The molecule has 19 heavy (non-hydrogen) atoms. The SMILES string of the molecule is CCCN1CCCC1C(=O)NCC(O)c1ccsc1. The molecule has 2 rings (SSSR count). The standard InChI is InChI=1S/C14H22N2O2S/c1-2-6-16-7-3-4-12(16)14(18)15-9-13(17)11-5-8-19-10-11/h5,8,10,12-13,17H,2-4,6-7,9H2,1H3,(H,15,18). The molecule has 0 saturated carbocycles. The second-order valence-electron chi connectivity index (χ2n) is 5.01. The van der Waals surface area contributed by atoms with Crippen molar-refractivity contribution in [2.75, 3.05) is 19.6 Å². The maximum Gasteiger partial charge on any atom is 0.237 e. The molecular formula is C14H22N2O2S. The first-order chi connectivity index (χ1) is 9.22.